The molecule has 0 aliphatic carbocycles. The second-order valence-electron chi connectivity index (χ2n) is 5.11. The summed E-state index contributed by atoms with van der Waals surface area (Å²) in [4.78, 5) is 4.35. The third-order valence-corrected chi connectivity index (χ3v) is 3.33. The standard InChI is InChI=1S/C18H23N3O.HI/c1-22-14-17-9-7-16(8-10-17)13-21-18(19)20-12-11-15-5-3-2-4-6-15;/h2-10H,11-14H2,1H3,(H3,19,20,21);1H. The SMILES string of the molecule is COCc1ccc(CN=C(N)NCCc2ccccc2)cc1.I. The van der Waals surface area contributed by atoms with E-state index in [4.69, 9.17) is 10.5 Å². The minimum atomic E-state index is 0. The molecule has 2 rings (SSSR count). The Morgan fingerprint density at radius 1 is 1.00 bits per heavy atom. The summed E-state index contributed by atoms with van der Waals surface area (Å²) in [5.74, 6) is 0.483. The maximum Gasteiger partial charge on any atom is 0.188 e. The molecular formula is C18H24IN3O. The molecule has 4 nitrogen and oxygen atoms in total. The zero-order chi connectivity index (χ0) is 15.6. The van der Waals surface area contributed by atoms with Crippen LogP contribution < -0.4 is 11.1 Å². The van der Waals surface area contributed by atoms with Crippen molar-refractivity contribution < 1.29 is 4.74 Å². The number of rotatable bonds is 7. The highest BCUT2D eigenvalue weighted by atomic mass is 127. The first-order valence-electron chi connectivity index (χ1n) is 7.42. The Morgan fingerprint density at radius 3 is 2.30 bits per heavy atom. The Bertz CT molecular complexity index is 585. The molecule has 5 heteroatoms. The van der Waals surface area contributed by atoms with Gasteiger partial charge in [0.15, 0.2) is 5.96 Å². The van der Waals surface area contributed by atoms with Gasteiger partial charge in [-0.3, -0.25) is 0 Å². The van der Waals surface area contributed by atoms with Crippen LogP contribution in [0.25, 0.3) is 0 Å². The molecule has 0 saturated carbocycles. The number of nitrogens with one attached hydrogen (secondary N) is 1. The molecule has 0 atom stereocenters. The maximum atomic E-state index is 5.88. The van der Waals surface area contributed by atoms with E-state index in [1.165, 1.54) is 5.56 Å². The fraction of sp³-hybridized carbons (Fsp3) is 0.278. The highest BCUT2D eigenvalue weighted by Gasteiger charge is 1.96. The number of methoxy groups -OCH3 is 1. The second kappa shape index (κ2) is 11.0. The number of halogens is 1. The first-order valence-corrected chi connectivity index (χ1v) is 7.42. The van der Waals surface area contributed by atoms with Crippen molar-refractivity contribution in [3.05, 3.63) is 71.3 Å². The predicted molar refractivity (Wildman–Crippen MR) is 106 cm³/mol. The van der Waals surface area contributed by atoms with E-state index in [-0.39, 0.29) is 24.0 Å². The molecule has 0 saturated heterocycles. The molecule has 0 aliphatic rings. The minimum Gasteiger partial charge on any atom is -0.380 e. The Kier molecular flexibility index (Phi) is 9.31. The molecule has 124 valence electrons. The Balaban J connectivity index is 0.00000264. The van der Waals surface area contributed by atoms with E-state index in [0.29, 0.717) is 19.1 Å². The van der Waals surface area contributed by atoms with Crippen molar-refractivity contribution in [3.8, 4) is 0 Å². The van der Waals surface area contributed by atoms with Crippen molar-refractivity contribution in [3.63, 3.8) is 0 Å². The molecule has 0 aliphatic heterocycles. The predicted octanol–water partition coefficient (Wildman–Crippen LogP) is 3.10. The molecule has 0 aromatic heterocycles. The van der Waals surface area contributed by atoms with Crippen molar-refractivity contribution in [1.29, 1.82) is 0 Å². The first-order chi connectivity index (χ1) is 10.8. The highest BCUT2D eigenvalue weighted by Crippen LogP contribution is 2.06. The molecule has 2 aromatic carbocycles. The Labute approximate surface area is 155 Å². The number of aliphatic imine (C=N–C) groups is 1. The summed E-state index contributed by atoms with van der Waals surface area (Å²) >= 11 is 0. The van der Waals surface area contributed by atoms with Crippen LogP contribution in [0.15, 0.2) is 59.6 Å². The van der Waals surface area contributed by atoms with Gasteiger partial charge in [0.25, 0.3) is 0 Å². The smallest absolute Gasteiger partial charge is 0.188 e. The zero-order valence-corrected chi connectivity index (χ0v) is 15.7. The van der Waals surface area contributed by atoms with Crippen LogP contribution >= 0.6 is 24.0 Å². The number of guanidine groups is 1. The van der Waals surface area contributed by atoms with Gasteiger partial charge in [-0.15, -0.1) is 24.0 Å². The van der Waals surface area contributed by atoms with E-state index in [1.54, 1.807) is 7.11 Å². The zero-order valence-electron chi connectivity index (χ0n) is 13.4. The van der Waals surface area contributed by atoms with Crippen LogP contribution in [0, 0.1) is 0 Å². The maximum absolute atomic E-state index is 5.88. The van der Waals surface area contributed by atoms with Crippen LogP contribution in [0.3, 0.4) is 0 Å². The van der Waals surface area contributed by atoms with Crippen LogP contribution in [0.1, 0.15) is 16.7 Å². The van der Waals surface area contributed by atoms with Gasteiger partial charge in [0.1, 0.15) is 0 Å². The lowest BCUT2D eigenvalue weighted by molar-refractivity contribution is 0.185. The van der Waals surface area contributed by atoms with Gasteiger partial charge < -0.3 is 15.8 Å². The van der Waals surface area contributed by atoms with E-state index in [1.807, 2.05) is 30.3 Å². The number of nitrogens with zero attached hydrogens (tertiary/aromatic N) is 1. The third kappa shape index (κ3) is 7.47. The average molecular weight is 425 g/mol. The van der Waals surface area contributed by atoms with Crippen molar-refractivity contribution >= 4 is 29.9 Å². The molecular weight excluding hydrogens is 401 g/mol. The monoisotopic (exact) mass is 425 g/mol. The highest BCUT2D eigenvalue weighted by molar-refractivity contribution is 14.0. The molecule has 0 radical (unpaired) electrons. The van der Waals surface area contributed by atoms with E-state index in [9.17, 15) is 0 Å². The average Bonchev–Trinajstić information content (AvgIpc) is 2.55. The number of ether oxygens (including phenoxy) is 1. The first kappa shape index (κ1) is 19.4. The van der Waals surface area contributed by atoms with Crippen molar-refractivity contribution in [2.75, 3.05) is 13.7 Å². The van der Waals surface area contributed by atoms with Crippen molar-refractivity contribution in [2.45, 2.75) is 19.6 Å². The topological polar surface area (TPSA) is 59.6 Å². The van der Waals surface area contributed by atoms with Gasteiger partial charge in [0, 0.05) is 13.7 Å². The largest absolute Gasteiger partial charge is 0.380 e. The summed E-state index contributed by atoms with van der Waals surface area (Å²) in [6.45, 7) is 2.00. The van der Waals surface area contributed by atoms with Gasteiger partial charge in [-0.05, 0) is 23.1 Å². The molecule has 0 unspecified atom stereocenters. The number of hydrogen-bond donors (Lipinski definition) is 2. The lowest BCUT2D eigenvalue weighted by atomic mass is 10.1. The molecule has 23 heavy (non-hydrogen) atoms. The number of hydrogen-bond acceptors (Lipinski definition) is 2. The van der Waals surface area contributed by atoms with Gasteiger partial charge in [0.2, 0.25) is 0 Å². The van der Waals surface area contributed by atoms with E-state index in [0.717, 1.165) is 24.1 Å². The normalized spacial score (nSPS) is 10.9. The van der Waals surface area contributed by atoms with E-state index >= 15 is 0 Å². The molecule has 0 heterocycles. The van der Waals surface area contributed by atoms with Crippen LogP contribution in [0.4, 0.5) is 0 Å². The lowest BCUT2D eigenvalue weighted by Crippen LogP contribution is -2.33. The summed E-state index contributed by atoms with van der Waals surface area (Å²) in [6.07, 6.45) is 0.933. The Morgan fingerprint density at radius 2 is 1.65 bits per heavy atom. The van der Waals surface area contributed by atoms with E-state index in [2.05, 4.69) is 34.6 Å². The van der Waals surface area contributed by atoms with E-state index < -0.39 is 0 Å². The molecule has 3 N–H and O–H groups in total. The number of nitrogens with two attached hydrogens (primary N) is 1. The van der Waals surface area contributed by atoms with Crippen LogP contribution in [0.5, 0.6) is 0 Å². The molecule has 0 amide bonds. The second-order valence-corrected chi connectivity index (χ2v) is 5.11. The molecule has 0 bridgehead atoms. The van der Waals surface area contributed by atoms with Crippen molar-refractivity contribution in [2.24, 2.45) is 10.7 Å². The van der Waals surface area contributed by atoms with Gasteiger partial charge in [-0.2, -0.15) is 0 Å². The summed E-state index contributed by atoms with van der Waals surface area (Å²) in [6, 6.07) is 18.5. The number of benzene rings is 2. The lowest BCUT2D eigenvalue weighted by Gasteiger charge is -2.06. The van der Waals surface area contributed by atoms with Gasteiger partial charge >= 0.3 is 0 Å². The summed E-state index contributed by atoms with van der Waals surface area (Å²) in [5.41, 5.74) is 9.46. The minimum absolute atomic E-state index is 0. The molecule has 0 spiro atoms. The fourth-order valence-corrected chi connectivity index (χ4v) is 2.12. The summed E-state index contributed by atoms with van der Waals surface area (Å²) in [7, 11) is 1.69. The Hall–Kier alpha value is -1.60. The van der Waals surface area contributed by atoms with Gasteiger partial charge in [-0.1, -0.05) is 54.6 Å². The molecule has 0 fully saturated rings. The van der Waals surface area contributed by atoms with Crippen molar-refractivity contribution in [1.82, 2.24) is 5.32 Å². The van der Waals surface area contributed by atoms with Gasteiger partial charge in [-0.25, -0.2) is 4.99 Å². The fourth-order valence-electron chi connectivity index (χ4n) is 2.12. The van der Waals surface area contributed by atoms with Gasteiger partial charge in [0.05, 0.1) is 13.2 Å². The summed E-state index contributed by atoms with van der Waals surface area (Å²) in [5, 5.41) is 3.14. The van der Waals surface area contributed by atoms with Crippen LogP contribution in [0.2, 0.25) is 0 Å². The molecule has 2 aromatic rings. The quantitative estimate of drug-likeness (QED) is 0.407. The summed E-state index contributed by atoms with van der Waals surface area (Å²) < 4.78 is 5.09. The van der Waals surface area contributed by atoms with Crippen LogP contribution in [-0.4, -0.2) is 19.6 Å². The third-order valence-electron chi connectivity index (χ3n) is 3.33. The van der Waals surface area contributed by atoms with Crippen LogP contribution in [-0.2, 0) is 24.3 Å².